The Morgan fingerprint density at radius 2 is 1.97 bits per heavy atom. The summed E-state index contributed by atoms with van der Waals surface area (Å²) in [6.45, 7) is 1.50. The van der Waals surface area contributed by atoms with E-state index in [1.165, 1.54) is 0 Å². The van der Waals surface area contributed by atoms with Crippen LogP contribution in [0.2, 0.25) is 0 Å². The van der Waals surface area contributed by atoms with Crippen molar-refractivity contribution < 1.29 is 18.7 Å². The lowest BCUT2D eigenvalue weighted by molar-refractivity contribution is 0.0504. The molecule has 3 aromatic rings. The molecule has 1 aliphatic heterocycles. The third kappa shape index (κ3) is 4.32. The molecule has 1 amide bonds. The van der Waals surface area contributed by atoms with Crippen LogP contribution in [-0.4, -0.2) is 37.2 Å². The first-order valence-electron chi connectivity index (χ1n) is 9.71. The van der Waals surface area contributed by atoms with E-state index in [2.05, 4.69) is 0 Å². The van der Waals surface area contributed by atoms with Crippen molar-refractivity contribution in [1.29, 1.82) is 0 Å². The molecule has 2 heterocycles. The fourth-order valence-corrected chi connectivity index (χ4v) is 3.59. The third-order valence-electron chi connectivity index (χ3n) is 5.14. The van der Waals surface area contributed by atoms with E-state index < -0.39 is 5.63 Å². The fraction of sp³-hybridized carbons (Fsp3) is 0.304. The Labute approximate surface area is 168 Å². The molecular weight excluding hydrogens is 370 g/mol. The summed E-state index contributed by atoms with van der Waals surface area (Å²) in [7, 11) is 1.61. The van der Waals surface area contributed by atoms with Gasteiger partial charge in [0.25, 0.3) is 5.91 Å². The zero-order valence-corrected chi connectivity index (χ0v) is 16.3. The van der Waals surface area contributed by atoms with Gasteiger partial charge in [-0.2, -0.15) is 0 Å². The number of ether oxygens (including phenoxy) is 2. The SMILES string of the molecule is COc1ccc(CN(C[C@@H]2CCCO2)C(=O)c2cc3ccccc3oc2=O)cc1. The Morgan fingerprint density at radius 1 is 1.17 bits per heavy atom. The smallest absolute Gasteiger partial charge is 0.349 e. The Kier molecular flexibility index (Phi) is 5.62. The highest BCUT2D eigenvalue weighted by atomic mass is 16.5. The Hall–Kier alpha value is -3.12. The molecule has 1 aromatic heterocycles. The van der Waals surface area contributed by atoms with Gasteiger partial charge < -0.3 is 18.8 Å². The normalized spacial score (nSPS) is 16.1. The van der Waals surface area contributed by atoms with Gasteiger partial charge in [-0.3, -0.25) is 4.79 Å². The first-order chi connectivity index (χ1) is 14.1. The van der Waals surface area contributed by atoms with Crippen molar-refractivity contribution in [2.45, 2.75) is 25.5 Å². The van der Waals surface area contributed by atoms with Crippen molar-refractivity contribution in [2.24, 2.45) is 0 Å². The quantitative estimate of drug-likeness (QED) is 0.598. The van der Waals surface area contributed by atoms with Gasteiger partial charge in [0.2, 0.25) is 0 Å². The molecule has 6 heteroatoms. The summed E-state index contributed by atoms with van der Waals surface area (Å²) < 4.78 is 16.3. The monoisotopic (exact) mass is 393 g/mol. The molecule has 0 N–H and O–H groups in total. The zero-order valence-electron chi connectivity index (χ0n) is 16.3. The van der Waals surface area contributed by atoms with Gasteiger partial charge in [-0.1, -0.05) is 30.3 Å². The molecule has 0 unspecified atom stereocenters. The molecule has 0 bridgehead atoms. The Balaban J connectivity index is 1.64. The lowest BCUT2D eigenvalue weighted by atomic mass is 10.1. The number of para-hydroxylation sites is 1. The van der Waals surface area contributed by atoms with Gasteiger partial charge in [-0.05, 0) is 42.7 Å². The van der Waals surface area contributed by atoms with Crippen molar-refractivity contribution in [3.63, 3.8) is 0 Å². The van der Waals surface area contributed by atoms with Crippen LogP contribution in [0.25, 0.3) is 11.0 Å². The summed E-state index contributed by atoms with van der Waals surface area (Å²) in [5.74, 6) is 0.400. The summed E-state index contributed by atoms with van der Waals surface area (Å²) in [4.78, 5) is 27.5. The zero-order chi connectivity index (χ0) is 20.2. The minimum atomic E-state index is -0.624. The molecule has 1 atom stereocenters. The number of hydrogen-bond donors (Lipinski definition) is 0. The van der Waals surface area contributed by atoms with Gasteiger partial charge in [0.15, 0.2) is 0 Å². The first-order valence-corrected chi connectivity index (χ1v) is 9.71. The minimum Gasteiger partial charge on any atom is -0.497 e. The molecule has 0 saturated carbocycles. The van der Waals surface area contributed by atoms with E-state index in [9.17, 15) is 9.59 Å². The number of fused-ring (bicyclic) bond motifs is 1. The highest BCUT2D eigenvalue weighted by molar-refractivity contribution is 5.96. The van der Waals surface area contributed by atoms with Gasteiger partial charge in [0.1, 0.15) is 16.9 Å². The molecule has 4 rings (SSSR count). The Bertz CT molecular complexity index is 1050. The molecule has 0 aliphatic carbocycles. The molecule has 1 aliphatic rings. The highest BCUT2D eigenvalue weighted by Gasteiger charge is 2.26. The topological polar surface area (TPSA) is 69.0 Å². The van der Waals surface area contributed by atoms with Crippen LogP contribution in [0.5, 0.6) is 5.75 Å². The van der Waals surface area contributed by atoms with Crippen LogP contribution in [0.15, 0.2) is 63.8 Å². The number of rotatable bonds is 6. The van der Waals surface area contributed by atoms with Gasteiger partial charge in [0, 0.05) is 25.1 Å². The fourth-order valence-electron chi connectivity index (χ4n) is 3.59. The van der Waals surface area contributed by atoms with Crippen LogP contribution in [0.3, 0.4) is 0 Å². The number of methoxy groups -OCH3 is 1. The molecule has 0 radical (unpaired) electrons. The van der Waals surface area contributed by atoms with E-state index in [1.807, 2.05) is 36.4 Å². The highest BCUT2D eigenvalue weighted by Crippen LogP contribution is 2.20. The lowest BCUT2D eigenvalue weighted by Crippen LogP contribution is -2.38. The predicted octanol–water partition coefficient (Wildman–Crippen LogP) is 3.62. The molecule has 1 saturated heterocycles. The van der Waals surface area contributed by atoms with Gasteiger partial charge >= 0.3 is 5.63 Å². The van der Waals surface area contributed by atoms with Crippen molar-refractivity contribution in [1.82, 2.24) is 4.90 Å². The summed E-state index contributed by atoms with van der Waals surface area (Å²) in [6.07, 6.45) is 1.86. The van der Waals surface area contributed by atoms with Crippen LogP contribution in [0, 0.1) is 0 Å². The maximum Gasteiger partial charge on any atom is 0.349 e. The first kappa shape index (κ1) is 19.2. The maximum absolute atomic E-state index is 13.3. The van der Waals surface area contributed by atoms with Crippen molar-refractivity contribution in [3.8, 4) is 5.75 Å². The largest absolute Gasteiger partial charge is 0.497 e. The number of amides is 1. The van der Waals surface area contributed by atoms with Crippen LogP contribution < -0.4 is 10.4 Å². The van der Waals surface area contributed by atoms with Crippen LogP contribution >= 0.6 is 0 Å². The second-order valence-electron chi connectivity index (χ2n) is 7.15. The van der Waals surface area contributed by atoms with Gasteiger partial charge in [-0.15, -0.1) is 0 Å². The van der Waals surface area contributed by atoms with E-state index in [-0.39, 0.29) is 17.6 Å². The average Bonchev–Trinajstić information content (AvgIpc) is 3.26. The predicted molar refractivity (Wildman–Crippen MR) is 109 cm³/mol. The van der Waals surface area contributed by atoms with Crippen LogP contribution in [0.1, 0.15) is 28.8 Å². The van der Waals surface area contributed by atoms with E-state index in [4.69, 9.17) is 13.9 Å². The molecule has 1 fully saturated rings. The van der Waals surface area contributed by atoms with Crippen LogP contribution in [-0.2, 0) is 11.3 Å². The van der Waals surface area contributed by atoms with Crippen molar-refractivity contribution >= 4 is 16.9 Å². The number of benzene rings is 2. The summed E-state index contributed by atoms with van der Waals surface area (Å²) >= 11 is 0. The van der Waals surface area contributed by atoms with Crippen molar-refractivity contribution in [2.75, 3.05) is 20.3 Å². The molecule has 29 heavy (non-hydrogen) atoms. The average molecular weight is 393 g/mol. The second-order valence-corrected chi connectivity index (χ2v) is 7.15. The number of nitrogens with zero attached hydrogens (tertiary/aromatic N) is 1. The van der Waals surface area contributed by atoms with E-state index in [0.717, 1.165) is 29.5 Å². The number of carbonyl (C=O) groups is 1. The summed E-state index contributed by atoms with van der Waals surface area (Å²) in [5.41, 5.74) is 0.827. The minimum absolute atomic E-state index is 0.0234. The van der Waals surface area contributed by atoms with Crippen molar-refractivity contribution in [3.05, 3.63) is 76.1 Å². The Morgan fingerprint density at radius 3 is 2.69 bits per heavy atom. The van der Waals surface area contributed by atoms with E-state index in [1.54, 1.807) is 30.2 Å². The molecular formula is C23H23NO5. The lowest BCUT2D eigenvalue weighted by Gasteiger charge is -2.25. The maximum atomic E-state index is 13.3. The van der Waals surface area contributed by atoms with E-state index >= 15 is 0 Å². The second kappa shape index (κ2) is 8.49. The molecule has 6 nitrogen and oxygen atoms in total. The summed E-state index contributed by atoms with van der Waals surface area (Å²) in [5, 5.41) is 0.719. The van der Waals surface area contributed by atoms with Crippen LogP contribution in [0.4, 0.5) is 0 Å². The molecule has 150 valence electrons. The third-order valence-corrected chi connectivity index (χ3v) is 5.14. The number of hydrogen-bond acceptors (Lipinski definition) is 5. The van der Waals surface area contributed by atoms with E-state index in [0.29, 0.717) is 25.3 Å². The number of carbonyl (C=O) groups excluding carboxylic acids is 1. The molecule has 0 spiro atoms. The molecule has 2 aromatic carbocycles. The van der Waals surface area contributed by atoms with Gasteiger partial charge in [-0.25, -0.2) is 4.79 Å². The van der Waals surface area contributed by atoms with Gasteiger partial charge in [0.05, 0.1) is 13.2 Å². The standard InChI is InChI=1S/C23H23NO5/c1-27-18-10-8-16(9-11-18)14-24(15-19-6-4-12-28-19)22(25)20-13-17-5-2-3-7-21(17)29-23(20)26/h2-3,5,7-11,13,19H,4,6,12,14-15H2,1H3/t19-/m0/s1. The summed E-state index contributed by atoms with van der Waals surface area (Å²) in [6, 6.07) is 16.3.